The van der Waals surface area contributed by atoms with Crippen molar-refractivity contribution in [3.63, 3.8) is 0 Å². The summed E-state index contributed by atoms with van der Waals surface area (Å²) in [6.45, 7) is 1.00. The molecule has 0 spiro atoms. The number of rotatable bonds is 7. The summed E-state index contributed by atoms with van der Waals surface area (Å²) < 4.78 is 7.58. The molecule has 2 aromatic carbocycles. The number of furan rings is 1. The number of nitrogens with one attached hydrogen (secondary N) is 1. The van der Waals surface area contributed by atoms with Gasteiger partial charge in [0.2, 0.25) is 0 Å². The maximum absolute atomic E-state index is 13.3. The van der Waals surface area contributed by atoms with Crippen molar-refractivity contribution in [2.24, 2.45) is 4.99 Å². The van der Waals surface area contributed by atoms with Gasteiger partial charge in [0.05, 0.1) is 28.4 Å². The lowest BCUT2D eigenvalue weighted by Gasteiger charge is -2.12. The second kappa shape index (κ2) is 10.8. The Bertz CT molecular complexity index is 1650. The molecule has 0 unspecified atom stereocenters. The summed E-state index contributed by atoms with van der Waals surface area (Å²) in [5.74, 6) is 0.622. The second-order valence-electron chi connectivity index (χ2n) is 9.39. The maximum atomic E-state index is 13.3. The highest BCUT2D eigenvalue weighted by Gasteiger charge is 2.25. The number of aliphatic imine (C=N–C) groups is 1. The third-order valence-corrected chi connectivity index (χ3v) is 8.80. The quantitative estimate of drug-likeness (QED) is 0.203. The van der Waals surface area contributed by atoms with Crippen LogP contribution in [0.4, 0.5) is 5.00 Å². The number of thiophene rings is 1. The molecule has 1 aliphatic rings. The van der Waals surface area contributed by atoms with Crippen LogP contribution in [0.25, 0.3) is 10.9 Å². The molecule has 0 fully saturated rings. The first-order chi connectivity index (χ1) is 18.6. The Morgan fingerprint density at radius 2 is 1.95 bits per heavy atom. The zero-order chi connectivity index (χ0) is 26.1. The normalized spacial score (nSPS) is 13.3. The van der Waals surface area contributed by atoms with Crippen LogP contribution in [-0.2, 0) is 25.9 Å². The van der Waals surface area contributed by atoms with Gasteiger partial charge in [-0.05, 0) is 67.1 Å². The molecule has 6 rings (SSSR count). The average molecular weight is 563 g/mol. The van der Waals surface area contributed by atoms with Gasteiger partial charge in [-0.25, -0.2) is 4.99 Å². The molecule has 0 saturated heterocycles. The van der Waals surface area contributed by atoms with Gasteiger partial charge < -0.3 is 14.3 Å². The fourth-order valence-electron chi connectivity index (χ4n) is 5.02. The largest absolute Gasteiger partial charge is 0.467 e. The van der Waals surface area contributed by atoms with Crippen LogP contribution in [-0.4, -0.2) is 16.7 Å². The number of hydrogen-bond acceptors (Lipinski definition) is 4. The number of nitrogens with zero attached hydrogens (tertiary/aromatic N) is 2. The van der Waals surface area contributed by atoms with Crippen molar-refractivity contribution >= 4 is 62.6 Å². The van der Waals surface area contributed by atoms with Crippen LogP contribution < -0.4 is 5.32 Å². The van der Waals surface area contributed by atoms with Crippen LogP contribution in [0, 0.1) is 0 Å². The van der Waals surface area contributed by atoms with Gasteiger partial charge >= 0.3 is 0 Å². The van der Waals surface area contributed by atoms with E-state index in [2.05, 4.69) is 28.2 Å². The van der Waals surface area contributed by atoms with Crippen LogP contribution in [0.1, 0.15) is 50.5 Å². The lowest BCUT2D eigenvalue weighted by molar-refractivity contribution is 0.0948. The summed E-state index contributed by atoms with van der Waals surface area (Å²) in [7, 11) is 0. The van der Waals surface area contributed by atoms with Crippen LogP contribution in [0.5, 0.6) is 0 Å². The van der Waals surface area contributed by atoms with E-state index in [1.165, 1.54) is 4.88 Å². The number of aromatic nitrogens is 1. The van der Waals surface area contributed by atoms with Gasteiger partial charge in [0, 0.05) is 40.3 Å². The monoisotopic (exact) mass is 561 g/mol. The molecule has 38 heavy (non-hydrogen) atoms. The highest BCUT2D eigenvalue weighted by Crippen LogP contribution is 2.40. The minimum Gasteiger partial charge on any atom is -0.467 e. The summed E-state index contributed by atoms with van der Waals surface area (Å²) in [6, 6.07) is 17.6. The molecule has 192 valence electrons. The lowest BCUT2D eigenvalue weighted by Crippen LogP contribution is -2.23. The van der Waals surface area contributed by atoms with E-state index >= 15 is 0 Å². The number of carbonyl (C=O) groups excluding carboxylic acids is 1. The zero-order valence-electron chi connectivity index (χ0n) is 20.5. The van der Waals surface area contributed by atoms with Crippen LogP contribution >= 0.6 is 34.5 Å². The Kier molecular flexibility index (Phi) is 7.11. The van der Waals surface area contributed by atoms with Gasteiger partial charge in [0.15, 0.2) is 0 Å². The fraction of sp³-hybridized carbons (Fsp3) is 0.200. The van der Waals surface area contributed by atoms with E-state index < -0.39 is 0 Å². The Morgan fingerprint density at radius 1 is 1.08 bits per heavy atom. The number of carbonyl (C=O) groups is 1. The lowest BCUT2D eigenvalue weighted by atomic mass is 9.95. The maximum Gasteiger partial charge on any atom is 0.255 e. The zero-order valence-corrected chi connectivity index (χ0v) is 22.9. The average Bonchev–Trinajstić information content (AvgIpc) is 3.66. The van der Waals surface area contributed by atoms with E-state index in [9.17, 15) is 4.79 Å². The van der Waals surface area contributed by atoms with E-state index in [1.54, 1.807) is 17.6 Å². The van der Waals surface area contributed by atoms with E-state index in [0.717, 1.165) is 64.0 Å². The fourth-order valence-corrected chi connectivity index (χ4v) is 6.57. The summed E-state index contributed by atoms with van der Waals surface area (Å²) in [4.78, 5) is 19.5. The Balaban J connectivity index is 1.33. The van der Waals surface area contributed by atoms with Gasteiger partial charge in [0.25, 0.3) is 5.91 Å². The SMILES string of the molecule is O=C(NCc1ccco1)c1c(/N=C/c2cn(Cc3ccc(Cl)c(Cl)c3)c3ccccc23)sc2c1CCCC2. The minimum absolute atomic E-state index is 0.102. The summed E-state index contributed by atoms with van der Waals surface area (Å²) in [5, 5.41) is 5.97. The first-order valence-electron chi connectivity index (χ1n) is 12.6. The Morgan fingerprint density at radius 3 is 2.79 bits per heavy atom. The van der Waals surface area contributed by atoms with E-state index in [4.69, 9.17) is 32.6 Å². The standard InChI is InChI=1S/C30H25Cl2N3O2S/c31-24-12-11-19(14-25(24)32)17-35-18-20(22-7-1-3-9-26(22)35)15-34-30-28(23-8-2-4-10-27(23)38-30)29(36)33-16-21-6-5-13-37-21/h1,3,5-7,9,11-15,18H,2,4,8,10,16-17H2,(H,33,36)/b34-15+. The minimum atomic E-state index is -0.102. The molecule has 5 aromatic rings. The number of para-hydroxylation sites is 1. The third kappa shape index (κ3) is 5.04. The highest BCUT2D eigenvalue weighted by molar-refractivity contribution is 7.16. The van der Waals surface area contributed by atoms with Crippen molar-refractivity contribution in [3.05, 3.63) is 110 Å². The van der Waals surface area contributed by atoms with Crippen molar-refractivity contribution in [2.45, 2.75) is 38.8 Å². The Labute approximate surface area is 234 Å². The number of hydrogen-bond donors (Lipinski definition) is 1. The van der Waals surface area contributed by atoms with Crippen molar-refractivity contribution < 1.29 is 9.21 Å². The predicted molar refractivity (Wildman–Crippen MR) is 156 cm³/mol. The molecular weight excluding hydrogens is 537 g/mol. The summed E-state index contributed by atoms with van der Waals surface area (Å²) in [5.41, 5.74) is 5.00. The summed E-state index contributed by atoms with van der Waals surface area (Å²) >= 11 is 14.0. The van der Waals surface area contributed by atoms with Crippen LogP contribution in [0.3, 0.4) is 0 Å². The van der Waals surface area contributed by atoms with Crippen molar-refractivity contribution in [2.75, 3.05) is 0 Å². The molecule has 0 bridgehead atoms. The van der Waals surface area contributed by atoms with E-state index in [0.29, 0.717) is 28.7 Å². The topological polar surface area (TPSA) is 59.5 Å². The van der Waals surface area contributed by atoms with Gasteiger partial charge in [-0.15, -0.1) is 11.3 Å². The summed E-state index contributed by atoms with van der Waals surface area (Å²) in [6.07, 6.45) is 9.74. The first kappa shape index (κ1) is 25.0. The van der Waals surface area contributed by atoms with Gasteiger partial charge in [-0.1, -0.05) is 47.5 Å². The van der Waals surface area contributed by atoms with E-state index in [-0.39, 0.29) is 5.91 Å². The molecule has 1 aliphatic carbocycles. The molecule has 5 nitrogen and oxygen atoms in total. The number of amides is 1. The molecule has 8 heteroatoms. The van der Waals surface area contributed by atoms with Crippen molar-refractivity contribution in [1.82, 2.24) is 9.88 Å². The molecular formula is C30H25Cl2N3O2S. The van der Waals surface area contributed by atoms with Crippen molar-refractivity contribution in [3.8, 4) is 0 Å². The molecule has 3 heterocycles. The molecule has 0 atom stereocenters. The first-order valence-corrected chi connectivity index (χ1v) is 14.1. The van der Waals surface area contributed by atoms with Crippen LogP contribution in [0.15, 0.2) is 76.5 Å². The second-order valence-corrected chi connectivity index (χ2v) is 11.3. The molecule has 1 N–H and O–H groups in total. The molecule has 0 saturated carbocycles. The predicted octanol–water partition coefficient (Wildman–Crippen LogP) is 8.21. The number of halogens is 2. The van der Waals surface area contributed by atoms with E-state index in [1.807, 2.05) is 48.7 Å². The Hall–Kier alpha value is -3.32. The highest BCUT2D eigenvalue weighted by atomic mass is 35.5. The number of aryl methyl sites for hydroxylation is 1. The number of benzene rings is 2. The van der Waals surface area contributed by atoms with Gasteiger partial charge in [0.1, 0.15) is 10.8 Å². The molecule has 0 radical (unpaired) electrons. The van der Waals surface area contributed by atoms with Crippen LogP contribution in [0.2, 0.25) is 10.0 Å². The molecule has 0 aliphatic heterocycles. The third-order valence-electron chi connectivity index (χ3n) is 6.86. The van der Waals surface area contributed by atoms with Crippen molar-refractivity contribution in [1.29, 1.82) is 0 Å². The molecule has 1 amide bonds. The number of fused-ring (bicyclic) bond motifs is 2. The molecule has 3 aromatic heterocycles. The van der Waals surface area contributed by atoms with Gasteiger partial charge in [-0.3, -0.25) is 4.79 Å². The van der Waals surface area contributed by atoms with Gasteiger partial charge in [-0.2, -0.15) is 0 Å². The smallest absolute Gasteiger partial charge is 0.255 e.